The van der Waals surface area contributed by atoms with Gasteiger partial charge in [-0.3, -0.25) is 9.59 Å². The van der Waals surface area contributed by atoms with Crippen molar-refractivity contribution in [3.8, 4) is 0 Å². The molecule has 2 aliphatic rings. The molecule has 0 spiro atoms. The van der Waals surface area contributed by atoms with Crippen molar-refractivity contribution in [3.05, 3.63) is 33.7 Å². The first-order valence-corrected chi connectivity index (χ1v) is 9.55. The average molecular weight is 348 g/mol. The number of carbonyl (C=O) groups is 2. The summed E-state index contributed by atoms with van der Waals surface area (Å²) in [6.07, 6.45) is 5.98. The Morgan fingerprint density at radius 1 is 1.46 bits per heavy atom. The molecule has 2 aliphatic heterocycles. The number of thiophene rings is 1. The van der Waals surface area contributed by atoms with Crippen LogP contribution in [0.1, 0.15) is 43.0 Å². The molecule has 1 atom stereocenters. The van der Waals surface area contributed by atoms with Crippen LogP contribution in [0.3, 0.4) is 0 Å². The highest BCUT2D eigenvalue weighted by molar-refractivity contribution is 7.10. The standard InChI is InChI=1S/C18H24N2O3S/c1-2-5-14(19-17(21)15-6-3-4-10-23-15)18(22)20-9-7-16-13(12-20)8-11-24-16/h6,8,11,14H,2-5,7,9-10,12H2,1H3,(H,19,21). The third kappa shape index (κ3) is 3.80. The minimum Gasteiger partial charge on any atom is -0.488 e. The Labute approximate surface area is 146 Å². The molecule has 0 bridgehead atoms. The van der Waals surface area contributed by atoms with Gasteiger partial charge in [-0.1, -0.05) is 13.3 Å². The molecular formula is C18H24N2O3S. The highest BCUT2D eigenvalue weighted by Gasteiger charge is 2.29. The van der Waals surface area contributed by atoms with Crippen molar-refractivity contribution < 1.29 is 14.3 Å². The number of ether oxygens (including phenoxy) is 1. The number of fused-ring (bicyclic) bond motifs is 1. The number of hydrogen-bond donors (Lipinski definition) is 1. The number of carbonyl (C=O) groups excluding carboxylic acids is 2. The molecule has 0 aromatic carbocycles. The molecule has 130 valence electrons. The molecule has 0 aliphatic carbocycles. The molecule has 1 aromatic heterocycles. The number of hydrogen-bond acceptors (Lipinski definition) is 4. The lowest BCUT2D eigenvalue weighted by Gasteiger charge is -2.31. The Hall–Kier alpha value is -1.82. The first-order chi connectivity index (χ1) is 11.7. The minimum atomic E-state index is -0.478. The zero-order valence-electron chi connectivity index (χ0n) is 14.0. The van der Waals surface area contributed by atoms with Gasteiger partial charge in [-0.2, -0.15) is 0 Å². The molecule has 3 rings (SSSR count). The summed E-state index contributed by atoms with van der Waals surface area (Å²) < 4.78 is 5.41. The summed E-state index contributed by atoms with van der Waals surface area (Å²) in [5.41, 5.74) is 1.24. The first-order valence-electron chi connectivity index (χ1n) is 8.67. The van der Waals surface area contributed by atoms with E-state index in [1.54, 1.807) is 11.3 Å². The molecule has 5 nitrogen and oxygen atoms in total. The van der Waals surface area contributed by atoms with Crippen molar-refractivity contribution in [3.63, 3.8) is 0 Å². The SMILES string of the molecule is CCCC(NC(=O)C1=CCCCO1)C(=O)N1CCc2sccc2C1. The number of allylic oxidation sites excluding steroid dienone is 1. The topological polar surface area (TPSA) is 58.6 Å². The molecule has 6 heteroatoms. The summed E-state index contributed by atoms with van der Waals surface area (Å²) in [6, 6.07) is 1.61. The van der Waals surface area contributed by atoms with Crippen molar-refractivity contribution >= 4 is 23.2 Å². The van der Waals surface area contributed by atoms with Crippen molar-refractivity contribution in [1.29, 1.82) is 0 Å². The van der Waals surface area contributed by atoms with E-state index in [0.717, 1.165) is 32.2 Å². The summed E-state index contributed by atoms with van der Waals surface area (Å²) in [5, 5.41) is 4.96. The van der Waals surface area contributed by atoms with E-state index in [9.17, 15) is 9.59 Å². The lowest BCUT2D eigenvalue weighted by molar-refractivity contribution is -0.137. The van der Waals surface area contributed by atoms with Gasteiger partial charge in [0, 0.05) is 18.0 Å². The smallest absolute Gasteiger partial charge is 0.286 e. The van der Waals surface area contributed by atoms with Crippen LogP contribution in [0.5, 0.6) is 0 Å². The van der Waals surface area contributed by atoms with Crippen molar-refractivity contribution in [1.82, 2.24) is 10.2 Å². The molecule has 24 heavy (non-hydrogen) atoms. The highest BCUT2D eigenvalue weighted by atomic mass is 32.1. The number of amides is 2. The normalized spacial score (nSPS) is 18.2. The molecule has 2 amide bonds. The quantitative estimate of drug-likeness (QED) is 0.890. The fourth-order valence-corrected chi connectivity index (χ4v) is 4.04. The Kier molecular flexibility index (Phi) is 5.56. The van der Waals surface area contributed by atoms with Crippen LogP contribution in [0.25, 0.3) is 0 Å². The summed E-state index contributed by atoms with van der Waals surface area (Å²) >= 11 is 1.76. The second-order valence-corrected chi connectivity index (χ2v) is 7.25. The summed E-state index contributed by atoms with van der Waals surface area (Å²) in [4.78, 5) is 28.5. The van der Waals surface area contributed by atoms with E-state index in [-0.39, 0.29) is 11.8 Å². The van der Waals surface area contributed by atoms with E-state index >= 15 is 0 Å². The monoisotopic (exact) mass is 348 g/mol. The number of nitrogens with one attached hydrogen (secondary N) is 1. The minimum absolute atomic E-state index is 0.0125. The van der Waals surface area contributed by atoms with Crippen molar-refractivity contribution in [2.45, 2.75) is 51.6 Å². The van der Waals surface area contributed by atoms with E-state index in [1.807, 2.05) is 17.9 Å². The van der Waals surface area contributed by atoms with Crippen LogP contribution < -0.4 is 5.32 Å². The zero-order chi connectivity index (χ0) is 16.9. The summed E-state index contributed by atoms with van der Waals surface area (Å²) in [7, 11) is 0. The van der Waals surface area contributed by atoms with Crippen molar-refractivity contribution in [2.24, 2.45) is 0 Å². The molecule has 1 N–H and O–H groups in total. The average Bonchev–Trinajstić information content (AvgIpc) is 3.09. The van der Waals surface area contributed by atoms with E-state index in [1.165, 1.54) is 10.4 Å². The highest BCUT2D eigenvalue weighted by Crippen LogP contribution is 2.24. The Morgan fingerprint density at radius 3 is 3.08 bits per heavy atom. The molecule has 0 saturated heterocycles. The third-order valence-electron chi connectivity index (χ3n) is 4.46. The zero-order valence-corrected chi connectivity index (χ0v) is 14.9. The fourth-order valence-electron chi connectivity index (χ4n) is 3.15. The van der Waals surface area contributed by atoms with Crippen LogP contribution in [0.2, 0.25) is 0 Å². The van der Waals surface area contributed by atoms with Gasteiger partial charge in [-0.25, -0.2) is 0 Å². The number of rotatable bonds is 5. The van der Waals surface area contributed by atoms with Crippen LogP contribution in [-0.2, 0) is 27.3 Å². The fraction of sp³-hybridized carbons (Fsp3) is 0.556. The van der Waals surface area contributed by atoms with Crippen LogP contribution in [-0.4, -0.2) is 35.9 Å². The van der Waals surface area contributed by atoms with Crippen LogP contribution >= 0.6 is 11.3 Å². The Balaban J connectivity index is 1.65. The molecule has 0 radical (unpaired) electrons. The van der Waals surface area contributed by atoms with Gasteiger partial charge in [0.1, 0.15) is 6.04 Å². The Morgan fingerprint density at radius 2 is 2.33 bits per heavy atom. The van der Waals surface area contributed by atoms with Gasteiger partial charge in [-0.15, -0.1) is 11.3 Å². The Bertz CT molecular complexity index is 638. The molecule has 0 fully saturated rings. The van der Waals surface area contributed by atoms with Crippen molar-refractivity contribution in [2.75, 3.05) is 13.2 Å². The predicted molar refractivity (Wildman–Crippen MR) is 93.5 cm³/mol. The second kappa shape index (κ2) is 7.83. The summed E-state index contributed by atoms with van der Waals surface area (Å²) in [5.74, 6) is 0.0992. The van der Waals surface area contributed by atoms with Crippen LogP contribution in [0.15, 0.2) is 23.3 Å². The molecular weight excluding hydrogens is 324 g/mol. The van der Waals surface area contributed by atoms with Gasteiger partial charge in [0.15, 0.2) is 5.76 Å². The molecule has 1 unspecified atom stereocenters. The maximum Gasteiger partial charge on any atom is 0.286 e. The maximum atomic E-state index is 12.9. The first kappa shape index (κ1) is 17.0. The second-order valence-electron chi connectivity index (χ2n) is 6.25. The van der Waals surface area contributed by atoms with Gasteiger partial charge in [0.25, 0.3) is 5.91 Å². The van der Waals surface area contributed by atoms with E-state index < -0.39 is 6.04 Å². The van der Waals surface area contributed by atoms with Gasteiger partial charge in [0.05, 0.1) is 6.61 Å². The van der Waals surface area contributed by atoms with Gasteiger partial charge in [-0.05, 0) is 48.8 Å². The molecule has 3 heterocycles. The van der Waals surface area contributed by atoms with Gasteiger partial charge >= 0.3 is 0 Å². The molecule has 0 saturated carbocycles. The third-order valence-corrected chi connectivity index (χ3v) is 5.48. The largest absolute Gasteiger partial charge is 0.488 e. The van der Waals surface area contributed by atoms with Crippen LogP contribution in [0, 0.1) is 0 Å². The predicted octanol–water partition coefficient (Wildman–Crippen LogP) is 2.61. The van der Waals surface area contributed by atoms with E-state index in [2.05, 4.69) is 16.8 Å². The van der Waals surface area contributed by atoms with E-state index in [0.29, 0.717) is 25.3 Å². The lowest BCUT2D eigenvalue weighted by atomic mass is 10.1. The maximum absolute atomic E-state index is 12.9. The molecule has 1 aromatic rings. The van der Waals surface area contributed by atoms with Gasteiger partial charge < -0.3 is 15.0 Å². The van der Waals surface area contributed by atoms with Gasteiger partial charge in [0.2, 0.25) is 5.91 Å². The lowest BCUT2D eigenvalue weighted by Crippen LogP contribution is -2.50. The summed E-state index contributed by atoms with van der Waals surface area (Å²) in [6.45, 7) is 3.96. The number of nitrogens with zero attached hydrogens (tertiary/aromatic N) is 1. The van der Waals surface area contributed by atoms with Crippen LogP contribution in [0.4, 0.5) is 0 Å². The van der Waals surface area contributed by atoms with E-state index in [4.69, 9.17) is 4.74 Å².